The van der Waals surface area contributed by atoms with E-state index < -0.39 is 0 Å². The van der Waals surface area contributed by atoms with E-state index in [4.69, 9.17) is 0 Å². The zero-order chi connectivity index (χ0) is 15.6. The topological polar surface area (TPSA) is 0 Å². The minimum atomic E-state index is 0.240. The minimum Gasteiger partial charge on any atom is -0.0775 e. The van der Waals surface area contributed by atoms with Crippen molar-refractivity contribution in [1.29, 1.82) is 0 Å². The lowest BCUT2D eigenvalue weighted by atomic mass is 9.52. The van der Waals surface area contributed by atoms with Gasteiger partial charge in [0.25, 0.3) is 0 Å². The SMILES string of the molecule is CCC(C=C(C(C)C)C(C)C)(C(C)(C)C)C(C)(C)C. The molecule has 0 spiro atoms. The number of rotatable bonds is 4. The molecule has 0 N–H and O–H groups in total. The fourth-order valence-corrected chi connectivity index (χ4v) is 4.01. The molecule has 0 amide bonds. The van der Waals surface area contributed by atoms with Crippen LogP contribution in [0.25, 0.3) is 0 Å². The molecule has 114 valence electrons. The highest BCUT2D eigenvalue weighted by molar-refractivity contribution is 5.19. The highest BCUT2D eigenvalue weighted by Gasteiger charge is 2.47. The van der Waals surface area contributed by atoms with Crippen molar-refractivity contribution in [2.24, 2.45) is 28.1 Å². The second-order valence-corrected chi connectivity index (χ2v) is 8.78. The van der Waals surface area contributed by atoms with Gasteiger partial charge in [0.1, 0.15) is 0 Å². The minimum absolute atomic E-state index is 0.240. The molecule has 0 aromatic rings. The standard InChI is InChI=1S/C19H38/c1-12-19(17(6,7)8,18(9,10)11)13-16(14(2)3)15(4)5/h13-15H,12H2,1-11H3. The van der Waals surface area contributed by atoms with Crippen LogP contribution in [0.4, 0.5) is 0 Å². The van der Waals surface area contributed by atoms with Crippen LogP contribution in [0, 0.1) is 28.1 Å². The molecule has 0 atom stereocenters. The van der Waals surface area contributed by atoms with Gasteiger partial charge in [-0.1, -0.05) is 87.8 Å². The molecule has 0 radical (unpaired) electrons. The van der Waals surface area contributed by atoms with Crippen LogP contribution in [0.3, 0.4) is 0 Å². The summed E-state index contributed by atoms with van der Waals surface area (Å²) in [6.45, 7) is 26.1. The summed E-state index contributed by atoms with van der Waals surface area (Å²) in [7, 11) is 0. The summed E-state index contributed by atoms with van der Waals surface area (Å²) in [5, 5.41) is 0. The Morgan fingerprint density at radius 3 is 1.26 bits per heavy atom. The predicted molar refractivity (Wildman–Crippen MR) is 89.4 cm³/mol. The Labute approximate surface area is 123 Å². The maximum Gasteiger partial charge on any atom is -0.00210 e. The molecule has 0 aliphatic heterocycles. The lowest BCUT2D eigenvalue weighted by Gasteiger charge is -2.53. The maximum atomic E-state index is 2.64. The molecule has 0 aliphatic rings. The Hall–Kier alpha value is -0.260. The zero-order valence-corrected chi connectivity index (χ0v) is 15.4. The smallest absolute Gasteiger partial charge is 0.00210 e. The molecule has 0 nitrogen and oxygen atoms in total. The van der Waals surface area contributed by atoms with Crippen molar-refractivity contribution in [3.8, 4) is 0 Å². The lowest BCUT2D eigenvalue weighted by molar-refractivity contribution is 0.0118. The molecule has 0 rings (SSSR count). The largest absolute Gasteiger partial charge is 0.0775 e. The number of hydrogen-bond acceptors (Lipinski definition) is 0. The van der Waals surface area contributed by atoms with Crippen LogP contribution in [0.5, 0.6) is 0 Å². The van der Waals surface area contributed by atoms with Gasteiger partial charge in [0.15, 0.2) is 0 Å². The fraction of sp³-hybridized carbons (Fsp3) is 0.895. The summed E-state index contributed by atoms with van der Waals surface area (Å²) in [5.74, 6) is 1.27. The Bertz CT molecular complexity index is 278. The van der Waals surface area contributed by atoms with Gasteiger partial charge < -0.3 is 0 Å². The second-order valence-electron chi connectivity index (χ2n) is 8.78. The number of allylic oxidation sites excluding steroid dienone is 2. The average Bonchev–Trinajstić information content (AvgIpc) is 2.13. The van der Waals surface area contributed by atoms with Gasteiger partial charge in [0.2, 0.25) is 0 Å². The van der Waals surface area contributed by atoms with E-state index in [1.54, 1.807) is 5.57 Å². The molecule has 0 aliphatic carbocycles. The molecule has 0 aromatic heterocycles. The van der Waals surface area contributed by atoms with E-state index in [9.17, 15) is 0 Å². The highest BCUT2D eigenvalue weighted by atomic mass is 14.5. The van der Waals surface area contributed by atoms with Gasteiger partial charge in [-0.05, 0) is 34.5 Å². The summed E-state index contributed by atoms with van der Waals surface area (Å²) >= 11 is 0. The van der Waals surface area contributed by atoms with Crippen LogP contribution >= 0.6 is 0 Å². The third kappa shape index (κ3) is 3.86. The van der Waals surface area contributed by atoms with Crippen molar-refractivity contribution < 1.29 is 0 Å². The first-order valence-electron chi connectivity index (χ1n) is 8.02. The molecular weight excluding hydrogens is 228 g/mol. The van der Waals surface area contributed by atoms with Crippen molar-refractivity contribution in [3.05, 3.63) is 11.6 Å². The summed E-state index contributed by atoms with van der Waals surface area (Å²) < 4.78 is 0. The van der Waals surface area contributed by atoms with E-state index in [-0.39, 0.29) is 16.2 Å². The van der Waals surface area contributed by atoms with E-state index in [1.165, 1.54) is 6.42 Å². The molecule has 0 heteroatoms. The van der Waals surface area contributed by atoms with Crippen LogP contribution < -0.4 is 0 Å². The quantitative estimate of drug-likeness (QED) is 0.496. The van der Waals surface area contributed by atoms with Gasteiger partial charge in [0.05, 0.1) is 0 Å². The van der Waals surface area contributed by atoms with Crippen molar-refractivity contribution in [3.63, 3.8) is 0 Å². The third-order valence-electron chi connectivity index (χ3n) is 4.98. The van der Waals surface area contributed by atoms with Gasteiger partial charge in [-0.15, -0.1) is 0 Å². The molecule has 0 aromatic carbocycles. The summed E-state index contributed by atoms with van der Waals surface area (Å²) in [4.78, 5) is 0. The van der Waals surface area contributed by atoms with Gasteiger partial charge in [0, 0.05) is 0 Å². The van der Waals surface area contributed by atoms with Crippen LogP contribution in [-0.4, -0.2) is 0 Å². The van der Waals surface area contributed by atoms with Crippen molar-refractivity contribution in [2.45, 2.75) is 82.6 Å². The van der Waals surface area contributed by atoms with Gasteiger partial charge in [-0.3, -0.25) is 0 Å². The third-order valence-corrected chi connectivity index (χ3v) is 4.98. The predicted octanol–water partition coefficient (Wildman–Crippen LogP) is 6.71. The molecule has 0 saturated heterocycles. The summed E-state index contributed by atoms with van der Waals surface area (Å²) in [6, 6.07) is 0. The van der Waals surface area contributed by atoms with E-state index in [0.29, 0.717) is 11.8 Å². The monoisotopic (exact) mass is 266 g/mol. The van der Waals surface area contributed by atoms with Gasteiger partial charge in [-0.2, -0.15) is 0 Å². The normalized spacial score (nSPS) is 14.2. The van der Waals surface area contributed by atoms with Crippen LogP contribution in [0.2, 0.25) is 0 Å². The van der Waals surface area contributed by atoms with Crippen molar-refractivity contribution in [2.75, 3.05) is 0 Å². The van der Waals surface area contributed by atoms with Crippen LogP contribution in [0.1, 0.15) is 82.6 Å². The first-order chi connectivity index (χ1) is 8.30. The van der Waals surface area contributed by atoms with Gasteiger partial charge in [-0.25, -0.2) is 0 Å². The maximum absolute atomic E-state index is 2.64. The second kappa shape index (κ2) is 6.02. The van der Waals surface area contributed by atoms with E-state index in [0.717, 1.165) is 0 Å². The lowest BCUT2D eigenvalue weighted by Crippen LogP contribution is -2.45. The molecule has 0 bridgehead atoms. The van der Waals surface area contributed by atoms with Crippen LogP contribution in [0.15, 0.2) is 11.6 Å². The fourth-order valence-electron chi connectivity index (χ4n) is 4.01. The van der Waals surface area contributed by atoms with Crippen molar-refractivity contribution >= 4 is 0 Å². The van der Waals surface area contributed by atoms with Gasteiger partial charge >= 0.3 is 0 Å². The first-order valence-corrected chi connectivity index (χ1v) is 8.02. The summed E-state index contributed by atoms with van der Waals surface area (Å²) in [6.07, 6.45) is 3.84. The molecule has 19 heavy (non-hydrogen) atoms. The highest BCUT2D eigenvalue weighted by Crippen LogP contribution is 2.56. The van der Waals surface area contributed by atoms with Crippen LogP contribution in [-0.2, 0) is 0 Å². The Morgan fingerprint density at radius 2 is 1.11 bits per heavy atom. The Morgan fingerprint density at radius 1 is 0.789 bits per heavy atom. The van der Waals surface area contributed by atoms with E-state index in [2.05, 4.69) is 82.2 Å². The first kappa shape index (κ1) is 18.7. The Kier molecular flexibility index (Phi) is 5.94. The zero-order valence-electron chi connectivity index (χ0n) is 15.4. The molecule has 0 heterocycles. The van der Waals surface area contributed by atoms with Crippen molar-refractivity contribution in [1.82, 2.24) is 0 Å². The molecular formula is C19H38. The number of hydrogen-bond donors (Lipinski definition) is 0. The Balaban J connectivity index is 6.10. The summed E-state index contributed by atoms with van der Waals surface area (Å²) in [5.41, 5.74) is 2.40. The van der Waals surface area contributed by atoms with E-state index in [1.807, 2.05) is 0 Å². The molecule has 0 fully saturated rings. The molecule has 0 unspecified atom stereocenters. The average molecular weight is 267 g/mol. The molecule has 0 saturated carbocycles. The van der Waals surface area contributed by atoms with E-state index >= 15 is 0 Å².